The Morgan fingerprint density at radius 1 is 1.42 bits per heavy atom. The van der Waals surface area contributed by atoms with E-state index < -0.39 is 11.9 Å². The standard InChI is InChI=1S/C13H16N2O4/c1-19-8-9-4-2-3-5-11(9)14-13(18)15-6-10(7-15)12(16)17/h2-5,10H,6-8H2,1H3,(H,14,18)(H,16,17). The van der Waals surface area contributed by atoms with E-state index in [2.05, 4.69) is 5.32 Å². The van der Waals surface area contributed by atoms with Gasteiger partial charge in [-0.15, -0.1) is 0 Å². The van der Waals surface area contributed by atoms with Gasteiger partial charge in [-0.05, 0) is 6.07 Å². The monoisotopic (exact) mass is 264 g/mol. The SMILES string of the molecule is COCc1ccccc1NC(=O)N1CC(C(=O)O)C1. The lowest BCUT2D eigenvalue weighted by molar-refractivity contribution is -0.145. The number of nitrogens with zero attached hydrogens (tertiary/aromatic N) is 1. The molecule has 1 aromatic rings. The molecule has 1 aliphatic heterocycles. The number of carbonyl (C=O) groups is 2. The molecule has 1 saturated heterocycles. The lowest BCUT2D eigenvalue weighted by Crippen LogP contribution is -2.54. The summed E-state index contributed by atoms with van der Waals surface area (Å²) in [5.74, 6) is -1.30. The van der Waals surface area contributed by atoms with Crippen LogP contribution in [0, 0.1) is 5.92 Å². The summed E-state index contributed by atoms with van der Waals surface area (Å²) >= 11 is 0. The zero-order chi connectivity index (χ0) is 13.8. The van der Waals surface area contributed by atoms with Crippen LogP contribution in [0.5, 0.6) is 0 Å². The van der Waals surface area contributed by atoms with Crippen LogP contribution in [0.2, 0.25) is 0 Å². The van der Waals surface area contributed by atoms with Gasteiger partial charge in [-0.3, -0.25) is 4.79 Å². The van der Waals surface area contributed by atoms with Crippen LogP contribution in [-0.2, 0) is 16.1 Å². The third kappa shape index (κ3) is 3.03. The fourth-order valence-corrected chi connectivity index (χ4v) is 1.92. The quantitative estimate of drug-likeness (QED) is 0.861. The number of amides is 2. The van der Waals surface area contributed by atoms with Crippen LogP contribution in [-0.4, -0.2) is 42.2 Å². The number of aliphatic carboxylic acids is 1. The van der Waals surface area contributed by atoms with Gasteiger partial charge in [0.15, 0.2) is 0 Å². The Morgan fingerprint density at radius 3 is 2.74 bits per heavy atom. The van der Waals surface area contributed by atoms with E-state index in [9.17, 15) is 9.59 Å². The fraction of sp³-hybridized carbons (Fsp3) is 0.385. The normalized spacial score (nSPS) is 14.9. The number of carbonyl (C=O) groups excluding carboxylic acids is 1. The second-order valence-corrected chi connectivity index (χ2v) is 4.46. The first-order chi connectivity index (χ1) is 9.11. The Kier molecular flexibility index (Phi) is 4.01. The average Bonchev–Trinajstić information content (AvgIpc) is 2.29. The lowest BCUT2D eigenvalue weighted by atomic mass is 10.0. The van der Waals surface area contributed by atoms with Gasteiger partial charge in [0.25, 0.3) is 0 Å². The van der Waals surface area contributed by atoms with Gasteiger partial charge in [-0.1, -0.05) is 18.2 Å². The predicted molar refractivity (Wildman–Crippen MR) is 68.9 cm³/mol. The summed E-state index contributed by atoms with van der Waals surface area (Å²) in [4.78, 5) is 24.0. The third-order valence-electron chi connectivity index (χ3n) is 3.08. The number of benzene rings is 1. The highest BCUT2D eigenvalue weighted by molar-refractivity contribution is 5.91. The van der Waals surface area contributed by atoms with Crippen molar-refractivity contribution >= 4 is 17.7 Å². The molecule has 102 valence electrons. The summed E-state index contributed by atoms with van der Waals surface area (Å²) in [5, 5.41) is 11.5. The van der Waals surface area contributed by atoms with Crippen molar-refractivity contribution in [2.45, 2.75) is 6.61 Å². The number of likely N-dealkylation sites (tertiary alicyclic amines) is 1. The van der Waals surface area contributed by atoms with Crippen molar-refractivity contribution in [2.75, 3.05) is 25.5 Å². The van der Waals surface area contributed by atoms with Crippen LogP contribution in [0.15, 0.2) is 24.3 Å². The number of nitrogens with one attached hydrogen (secondary N) is 1. The number of para-hydroxylation sites is 1. The average molecular weight is 264 g/mol. The number of urea groups is 1. The van der Waals surface area contributed by atoms with Crippen molar-refractivity contribution in [1.82, 2.24) is 4.90 Å². The molecule has 0 saturated carbocycles. The van der Waals surface area contributed by atoms with E-state index in [-0.39, 0.29) is 19.1 Å². The van der Waals surface area contributed by atoms with E-state index in [1.807, 2.05) is 18.2 Å². The maximum absolute atomic E-state index is 11.9. The Balaban J connectivity index is 1.95. The first-order valence-electron chi connectivity index (χ1n) is 5.97. The summed E-state index contributed by atoms with van der Waals surface area (Å²) in [6.07, 6.45) is 0. The lowest BCUT2D eigenvalue weighted by Gasteiger charge is -2.36. The van der Waals surface area contributed by atoms with Crippen molar-refractivity contribution in [1.29, 1.82) is 0 Å². The fourth-order valence-electron chi connectivity index (χ4n) is 1.92. The first kappa shape index (κ1) is 13.4. The van der Waals surface area contributed by atoms with Gasteiger partial charge in [-0.2, -0.15) is 0 Å². The van der Waals surface area contributed by atoms with E-state index in [4.69, 9.17) is 9.84 Å². The zero-order valence-corrected chi connectivity index (χ0v) is 10.6. The Labute approximate surface area is 111 Å². The van der Waals surface area contributed by atoms with Gasteiger partial charge in [0, 0.05) is 31.5 Å². The highest BCUT2D eigenvalue weighted by atomic mass is 16.5. The molecule has 0 radical (unpaired) electrons. The highest BCUT2D eigenvalue weighted by Crippen LogP contribution is 2.20. The molecule has 0 bridgehead atoms. The number of hydrogen-bond acceptors (Lipinski definition) is 3. The molecule has 0 unspecified atom stereocenters. The molecular weight excluding hydrogens is 248 g/mol. The number of hydrogen-bond donors (Lipinski definition) is 2. The maximum atomic E-state index is 11.9. The first-order valence-corrected chi connectivity index (χ1v) is 5.97. The minimum absolute atomic E-state index is 0.258. The molecule has 1 fully saturated rings. The number of ether oxygens (including phenoxy) is 1. The van der Waals surface area contributed by atoms with E-state index >= 15 is 0 Å². The molecule has 1 aromatic carbocycles. The molecule has 2 amide bonds. The zero-order valence-electron chi connectivity index (χ0n) is 10.6. The van der Waals surface area contributed by atoms with Crippen molar-refractivity contribution in [3.63, 3.8) is 0 Å². The predicted octanol–water partition coefficient (Wildman–Crippen LogP) is 1.38. The Bertz CT molecular complexity index is 483. The Hall–Kier alpha value is -2.08. The summed E-state index contributed by atoms with van der Waals surface area (Å²) in [6, 6.07) is 7.08. The van der Waals surface area contributed by atoms with Gasteiger partial charge < -0.3 is 20.1 Å². The number of rotatable bonds is 4. The molecule has 19 heavy (non-hydrogen) atoms. The topological polar surface area (TPSA) is 78.9 Å². The van der Waals surface area contributed by atoms with Crippen LogP contribution in [0.25, 0.3) is 0 Å². The molecule has 1 aliphatic rings. The van der Waals surface area contributed by atoms with Gasteiger partial charge >= 0.3 is 12.0 Å². The minimum atomic E-state index is -0.858. The van der Waals surface area contributed by atoms with Crippen molar-refractivity contribution < 1.29 is 19.4 Å². The van der Waals surface area contributed by atoms with E-state index in [1.165, 1.54) is 4.90 Å². The molecule has 0 spiro atoms. The van der Waals surface area contributed by atoms with Crippen molar-refractivity contribution in [2.24, 2.45) is 5.92 Å². The molecule has 6 nitrogen and oxygen atoms in total. The molecular formula is C13H16N2O4. The summed E-state index contributed by atoms with van der Waals surface area (Å²) in [7, 11) is 1.59. The summed E-state index contributed by atoms with van der Waals surface area (Å²) < 4.78 is 5.06. The molecule has 0 aliphatic carbocycles. The molecule has 0 atom stereocenters. The number of carboxylic acid groups (broad SMARTS) is 1. The second-order valence-electron chi connectivity index (χ2n) is 4.46. The number of anilines is 1. The van der Waals surface area contributed by atoms with E-state index in [1.54, 1.807) is 13.2 Å². The van der Waals surface area contributed by atoms with Crippen LogP contribution >= 0.6 is 0 Å². The van der Waals surface area contributed by atoms with Gasteiger partial charge in [0.2, 0.25) is 0 Å². The summed E-state index contributed by atoms with van der Waals surface area (Å²) in [6.45, 7) is 0.926. The number of carboxylic acids is 1. The van der Waals surface area contributed by atoms with E-state index in [0.717, 1.165) is 5.56 Å². The minimum Gasteiger partial charge on any atom is -0.481 e. The van der Waals surface area contributed by atoms with Crippen LogP contribution in [0.3, 0.4) is 0 Å². The van der Waals surface area contributed by atoms with Crippen LogP contribution in [0.1, 0.15) is 5.56 Å². The second kappa shape index (κ2) is 5.71. The van der Waals surface area contributed by atoms with Gasteiger partial charge in [-0.25, -0.2) is 4.79 Å². The number of methoxy groups -OCH3 is 1. The molecule has 1 heterocycles. The smallest absolute Gasteiger partial charge is 0.321 e. The van der Waals surface area contributed by atoms with Crippen molar-refractivity contribution in [3.8, 4) is 0 Å². The largest absolute Gasteiger partial charge is 0.481 e. The molecule has 0 aromatic heterocycles. The molecule has 6 heteroatoms. The molecule has 2 rings (SSSR count). The van der Waals surface area contributed by atoms with Crippen LogP contribution < -0.4 is 5.32 Å². The third-order valence-corrected chi connectivity index (χ3v) is 3.08. The van der Waals surface area contributed by atoms with Gasteiger partial charge in [0.05, 0.1) is 12.5 Å². The highest BCUT2D eigenvalue weighted by Gasteiger charge is 2.35. The van der Waals surface area contributed by atoms with Gasteiger partial charge in [0.1, 0.15) is 0 Å². The Morgan fingerprint density at radius 2 is 2.11 bits per heavy atom. The summed E-state index contributed by atoms with van der Waals surface area (Å²) in [5.41, 5.74) is 1.57. The van der Waals surface area contributed by atoms with E-state index in [0.29, 0.717) is 12.3 Å². The van der Waals surface area contributed by atoms with Crippen LogP contribution in [0.4, 0.5) is 10.5 Å². The van der Waals surface area contributed by atoms with Crippen molar-refractivity contribution in [3.05, 3.63) is 29.8 Å². The molecule has 2 N–H and O–H groups in total. The maximum Gasteiger partial charge on any atom is 0.321 e.